The first kappa shape index (κ1) is 36.9. The Hall–Kier alpha value is -3.40. The largest absolute Gasteiger partial charge is 0.468 e. The van der Waals surface area contributed by atoms with E-state index in [1.807, 2.05) is 91.0 Å². The first-order valence-electron chi connectivity index (χ1n) is 15.5. The van der Waals surface area contributed by atoms with Gasteiger partial charge in [-0.2, -0.15) is 13.2 Å². The van der Waals surface area contributed by atoms with Crippen LogP contribution in [0.2, 0.25) is 0 Å². The molecule has 0 saturated carbocycles. The molecule has 0 bridgehead atoms. The first-order chi connectivity index (χ1) is 23.9. The van der Waals surface area contributed by atoms with Gasteiger partial charge in [-0.3, -0.25) is 0 Å². The standard InChI is InChI=1S/C36H37F3N2O6S2/c37-36(38,39)35(41-29-19-11-4-12-20-29)47-34-32(44-23-28-17-9-3-10-18-28)30(42-21-26-13-5-1-6-14-26)31(33(46-34)45-25-49-48-24-40)43-22-27-15-7-2-8-16-27/h1-20,30-34H,21-25,40H2/b41-35+. The lowest BCUT2D eigenvalue weighted by Crippen LogP contribution is -2.62. The molecule has 5 rings (SSSR count). The van der Waals surface area contributed by atoms with E-state index in [1.165, 1.54) is 33.7 Å². The van der Waals surface area contributed by atoms with Crippen LogP contribution < -0.4 is 5.73 Å². The predicted molar refractivity (Wildman–Crippen MR) is 185 cm³/mol. The first-order valence-corrected chi connectivity index (χ1v) is 17.9. The number of halogens is 3. The van der Waals surface area contributed by atoms with Gasteiger partial charge in [0, 0.05) is 5.88 Å². The lowest BCUT2D eigenvalue weighted by atomic mass is 10.0. The second kappa shape index (κ2) is 19.1. The molecule has 1 heterocycles. The number of benzene rings is 4. The Bertz CT molecular complexity index is 1540. The maximum absolute atomic E-state index is 14.5. The van der Waals surface area contributed by atoms with Gasteiger partial charge in [0.1, 0.15) is 24.3 Å². The van der Waals surface area contributed by atoms with Gasteiger partial charge in [-0.1, -0.05) is 131 Å². The van der Waals surface area contributed by atoms with Crippen molar-refractivity contribution in [3.05, 3.63) is 138 Å². The van der Waals surface area contributed by atoms with Crippen LogP contribution >= 0.6 is 21.6 Å². The van der Waals surface area contributed by atoms with E-state index in [4.69, 9.17) is 34.2 Å². The molecular weight excluding hydrogens is 678 g/mol. The van der Waals surface area contributed by atoms with Gasteiger partial charge in [-0.25, -0.2) is 4.99 Å². The quantitative estimate of drug-likeness (QED) is 0.0408. The fourth-order valence-electron chi connectivity index (χ4n) is 4.91. The van der Waals surface area contributed by atoms with Crippen LogP contribution in [0.15, 0.2) is 126 Å². The number of aliphatic imine (C=N–C) groups is 1. The highest BCUT2D eigenvalue weighted by Crippen LogP contribution is 2.35. The van der Waals surface area contributed by atoms with Crippen LogP contribution in [0.4, 0.5) is 18.9 Å². The Morgan fingerprint density at radius 2 is 1.06 bits per heavy atom. The van der Waals surface area contributed by atoms with Crippen molar-refractivity contribution in [1.29, 1.82) is 0 Å². The fraction of sp³-hybridized carbons (Fsp3) is 0.306. The Balaban J connectivity index is 1.52. The molecule has 5 atom stereocenters. The summed E-state index contributed by atoms with van der Waals surface area (Å²) in [5, 5.41) is 0. The molecule has 5 unspecified atom stereocenters. The van der Waals surface area contributed by atoms with Gasteiger partial charge >= 0.3 is 6.18 Å². The molecule has 0 spiro atoms. The molecule has 0 aromatic heterocycles. The summed E-state index contributed by atoms with van der Waals surface area (Å²) in [6.45, 7) is 0.269. The van der Waals surface area contributed by atoms with Gasteiger partial charge in [-0.15, -0.1) is 0 Å². The van der Waals surface area contributed by atoms with Crippen molar-refractivity contribution in [3.8, 4) is 0 Å². The zero-order valence-electron chi connectivity index (χ0n) is 26.4. The van der Waals surface area contributed by atoms with Crippen molar-refractivity contribution in [1.82, 2.24) is 0 Å². The summed E-state index contributed by atoms with van der Waals surface area (Å²) >= 11 is 0. The number of alkyl halides is 3. The highest BCUT2D eigenvalue weighted by molar-refractivity contribution is 8.76. The smallest absolute Gasteiger partial charge is 0.441 e. The molecule has 2 N–H and O–H groups in total. The number of hydrogen-bond donors (Lipinski definition) is 1. The van der Waals surface area contributed by atoms with Gasteiger partial charge in [-0.05, 0) is 28.8 Å². The molecule has 1 aliphatic rings. The lowest BCUT2D eigenvalue weighted by molar-refractivity contribution is -0.356. The van der Waals surface area contributed by atoms with Crippen LogP contribution in [0.25, 0.3) is 0 Å². The molecule has 4 aromatic carbocycles. The third-order valence-corrected chi connectivity index (χ3v) is 8.93. The number of hydrogen-bond acceptors (Lipinski definition) is 10. The summed E-state index contributed by atoms with van der Waals surface area (Å²) in [6.07, 6.45) is -11.0. The summed E-state index contributed by atoms with van der Waals surface area (Å²) in [5.41, 5.74) is 8.18. The molecule has 260 valence electrons. The van der Waals surface area contributed by atoms with Crippen molar-refractivity contribution in [2.75, 3.05) is 11.8 Å². The van der Waals surface area contributed by atoms with Crippen LogP contribution in [-0.2, 0) is 48.2 Å². The minimum atomic E-state index is -4.96. The van der Waals surface area contributed by atoms with Crippen molar-refractivity contribution in [2.24, 2.45) is 10.7 Å². The molecule has 4 aromatic rings. The third kappa shape index (κ3) is 11.6. The van der Waals surface area contributed by atoms with Gasteiger partial charge < -0.3 is 34.2 Å². The lowest BCUT2D eigenvalue weighted by Gasteiger charge is -2.45. The second-order valence-corrected chi connectivity index (χ2v) is 13.2. The van der Waals surface area contributed by atoms with Crippen molar-refractivity contribution >= 4 is 33.2 Å². The number of rotatable bonds is 16. The molecule has 0 radical (unpaired) electrons. The Morgan fingerprint density at radius 1 is 0.612 bits per heavy atom. The number of nitrogens with two attached hydrogens (primary N) is 1. The van der Waals surface area contributed by atoms with Crippen LogP contribution in [0.3, 0.4) is 0 Å². The van der Waals surface area contributed by atoms with Gasteiger partial charge in [0.15, 0.2) is 6.29 Å². The van der Waals surface area contributed by atoms with E-state index in [1.54, 1.807) is 18.2 Å². The third-order valence-electron chi connectivity index (χ3n) is 7.20. The zero-order chi connectivity index (χ0) is 34.3. The van der Waals surface area contributed by atoms with E-state index >= 15 is 0 Å². The van der Waals surface area contributed by atoms with E-state index in [-0.39, 0.29) is 31.4 Å². The number of para-hydroxylation sites is 1. The highest BCUT2D eigenvalue weighted by Gasteiger charge is 2.52. The number of nitrogens with zero attached hydrogens (tertiary/aromatic N) is 1. The molecular formula is C36H37F3N2O6S2. The molecule has 0 amide bonds. The van der Waals surface area contributed by atoms with E-state index < -0.39 is 43.0 Å². The summed E-state index contributed by atoms with van der Waals surface area (Å²) in [6, 6.07) is 35.8. The van der Waals surface area contributed by atoms with Crippen molar-refractivity contribution in [2.45, 2.75) is 56.9 Å². The van der Waals surface area contributed by atoms with Crippen LogP contribution in [0.1, 0.15) is 16.7 Å². The van der Waals surface area contributed by atoms with Gasteiger partial charge in [0.2, 0.25) is 6.29 Å². The predicted octanol–water partition coefficient (Wildman–Crippen LogP) is 8.01. The molecule has 1 fully saturated rings. The molecule has 8 nitrogen and oxygen atoms in total. The normalized spacial score (nSPS) is 21.4. The maximum Gasteiger partial charge on any atom is 0.468 e. The maximum atomic E-state index is 14.5. The summed E-state index contributed by atoms with van der Waals surface area (Å²) in [7, 11) is 2.68. The number of ether oxygens (including phenoxy) is 6. The van der Waals surface area contributed by atoms with E-state index in [0.717, 1.165) is 16.7 Å². The average molecular weight is 715 g/mol. The fourth-order valence-corrected chi connectivity index (χ4v) is 5.93. The van der Waals surface area contributed by atoms with E-state index in [9.17, 15) is 13.2 Å². The molecule has 0 aliphatic carbocycles. The molecule has 1 saturated heterocycles. The van der Waals surface area contributed by atoms with Gasteiger partial charge in [0.05, 0.1) is 25.5 Å². The SMILES string of the molecule is NCSSCOC1OC(O/C(=N/c2ccccc2)C(F)(F)F)C(OCc2ccccc2)C(OCc2ccccc2)C1OCc1ccccc1. The monoisotopic (exact) mass is 714 g/mol. The van der Waals surface area contributed by atoms with Crippen molar-refractivity contribution in [3.63, 3.8) is 0 Å². The minimum Gasteiger partial charge on any atom is -0.441 e. The van der Waals surface area contributed by atoms with Crippen LogP contribution in [-0.4, -0.2) is 54.8 Å². The second-order valence-electron chi connectivity index (χ2n) is 10.7. The Labute approximate surface area is 291 Å². The molecule has 1 aliphatic heterocycles. The minimum absolute atomic E-state index is 0.0248. The highest BCUT2D eigenvalue weighted by atomic mass is 33.1. The van der Waals surface area contributed by atoms with Crippen LogP contribution in [0.5, 0.6) is 0 Å². The van der Waals surface area contributed by atoms with E-state index in [2.05, 4.69) is 4.99 Å². The summed E-state index contributed by atoms with van der Waals surface area (Å²) in [5.74, 6) is -1.08. The molecule has 49 heavy (non-hydrogen) atoms. The van der Waals surface area contributed by atoms with E-state index in [0.29, 0.717) is 5.88 Å². The summed E-state index contributed by atoms with van der Waals surface area (Å²) in [4.78, 5) is 3.80. The van der Waals surface area contributed by atoms with Crippen LogP contribution in [0, 0.1) is 0 Å². The average Bonchev–Trinajstić information content (AvgIpc) is 3.12. The Kier molecular flexibility index (Phi) is 14.4. The molecule has 13 heteroatoms. The topological polar surface area (TPSA) is 93.8 Å². The van der Waals surface area contributed by atoms with Crippen molar-refractivity contribution < 1.29 is 41.6 Å². The Morgan fingerprint density at radius 3 is 1.53 bits per heavy atom. The zero-order valence-corrected chi connectivity index (χ0v) is 28.0. The summed E-state index contributed by atoms with van der Waals surface area (Å²) < 4.78 is 80.8. The van der Waals surface area contributed by atoms with Gasteiger partial charge in [0.25, 0.3) is 5.90 Å².